The molecule has 0 unspecified atom stereocenters. The van der Waals surface area contributed by atoms with Crippen LogP contribution in [0.2, 0.25) is 0 Å². The maximum Gasteiger partial charge on any atom is 0.326 e. The van der Waals surface area contributed by atoms with Crippen molar-refractivity contribution in [2.45, 2.75) is 71.9 Å². The molecule has 96 valence electrons. The fourth-order valence-electron chi connectivity index (χ4n) is 2.21. The van der Waals surface area contributed by atoms with Crippen molar-refractivity contribution in [2.24, 2.45) is 0 Å². The largest absolute Gasteiger partial charge is 0.465 e. The van der Waals surface area contributed by atoms with E-state index in [-0.39, 0.29) is 5.97 Å². The molecular formula is C13H27NO2. The highest BCUT2D eigenvalue weighted by Crippen LogP contribution is 2.22. The number of hydrogen-bond donors (Lipinski definition) is 1. The van der Waals surface area contributed by atoms with Crippen LogP contribution >= 0.6 is 0 Å². The van der Waals surface area contributed by atoms with Gasteiger partial charge >= 0.3 is 5.97 Å². The molecule has 16 heavy (non-hydrogen) atoms. The summed E-state index contributed by atoms with van der Waals surface area (Å²) in [6.07, 6.45) is 3.66. The van der Waals surface area contributed by atoms with Crippen LogP contribution in [-0.2, 0) is 9.53 Å². The summed E-state index contributed by atoms with van der Waals surface area (Å²) in [4.78, 5) is 12.1. The topological polar surface area (TPSA) is 38.3 Å². The maximum atomic E-state index is 12.1. The van der Waals surface area contributed by atoms with Crippen LogP contribution < -0.4 is 5.32 Å². The zero-order valence-electron chi connectivity index (χ0n) is 11.4. The normalized spacial score (nSPS) is 11.9. The smallest absolute Gasteiger partial charge is 0.326 e. The van der Waals surface area contributed by atoms with Crippen LogP contribution in [0.25, 0.3) is 0 Å². The first-order valence-corrected chi connectivity index (χ1v) is 6.47. The third kappa shape index (κ3) is 4.52. The van der Waals surface area contributed by atoms with Gasteiger partial charge in [-0.1, -0.05) is 26.7 Å². The van der Waals surface area contributed by atoms with E-state index in [1.807, 2.05) is 6.92 Å². The third-order valence-corrected chi connectivity index (χ3v) is 2.58. The van der Waals surface area contributed by atoms with Crippen LogP contribution in [-0.4, -0.2) is 24.2 Å². The monoisotopic (exact) mass is 229 g/mol. The quantitative estimate of drug-likeness (QED) is 0.650. The molecule has 0 aliphatic heterocycles. The maximum absolute atomic E-state index is 12.1. The van der Waals surface area contributed by atoms with Crippen LogP contribution in [0.1, 0.15) is 60.3 Å². The fourth-order valence-corrected chi connectivity index (χ4v) is 2.21. The summed E-state index contributed by atoms with van der Waals surface area (Å²) in [5.41, 5.74) is -0.478. The lowest BCUT2D eigenvalue weighted by atomic mass is 9.88. The average Bonchev–Trinajstić information content (AvgIpc) is 2.17. The van der Waals surface area contributed by atoms with E-state index in [4.69, 9.17) is 4.74 Å². The van der Waals surface area contributed by atoms with Gasteiger partial charge in [-0.15, -0.1) is 0 Å². The fraction of sp³-hybridized carbons (Fsp3) is 0.923. The van der Waals surface area contributed by atoms with Crippen molar-refractivity contribution < 1.29 is 9.53 Å². The molecule has 1 N–H and O–H groups in total. The summed E-state index contributed by atoms with van der Waals surface area (Å²) in [7, 11) is 0. The molecule has 0 aliphatic carbocycles. The zero-order chi connectivity index (χ0) is 12.6. The number of carbonyl (C=O) groups excluding carboxylic acids is 1. The van der Waals surface area contributed by atoms with Gasteiger partial charge in [-0.2, -0.15) is 0 Å². The summed E-state index contributed by atoms with van der Waals surface area (Å²) in [6.45, 7) is 10.7. The standard InChI is InChI=1S/C13H27NO2/c1-6-9-13(10-7-2,14-11(4)5)12(15)16-8-3/h11,14H,6-10H2,1-5H3. The van der Waals surface area contributed by atoms with Gasteiger partial charge in [0, 0.05) is 6.04 Å². The summed E-state index contributed by atoms with van der Waals surface area (Å²) in [6, 6.07) is 0.294. The van der Waals surface area contributed by atoms with Gasteiger partial charge in [-0.3, -0.25) is 10.1 Å². The molecule has 0 aromatic carbocycles. The van der Waals surface area contributed by atoms with Gasteiger partial charge in [0.25, 0.3) is 0 Å². The number of carbonyl (C=O) groups is 1. The minimum absolute atomic E-state index is 0.0904. The van der Waals surface area contributed by atoms with Crippen LogP contribution in [0.3, 0.4) is 0 Å². The zero-order valence-corrected chi connectivity index (χ0v) is 11.4. The second kappa shape index (κ2) is 7.66. The summed E-state index contributed by atoms with van der Waals surface area (Å²) in [5.74, 6) is -0.0904. The molecule has 0 bridgehead atoms. The molecule has 3 heteroatoms. The molecule has 0 aromatic rings. The Morgan fingerprint density at radius 1 is 1.19 bits per heavy atom. The number of esters is 1. The van der Waals surface area contributed by atoms with Crippen molar-refractivity contribution in [3.05, 3.63) is 0 Å². The number of hydrogen-bond acceptors (Lipinski definition) is 3. The second-order valence-electron chi connectivity index (χ2n) is 4.60. The Morgan fingerprint density at radius 3 is 2.00 bits per heavy atom. The first kappa shape index (κ1) is 15.4. The Morgan fingerprint density at radius 2 is 1.69 bits per heavy atom. The molecule has 0 atom stereocenters. The van der Waals surface area contributed by atoms with Crippen LogP contribution in [0, 0.1) is 0 Å². The predicted octanol–water partition coefficient (Wildman–Crippen LogP) is 2.89. The minimum atomic E-state index is -0.478. The first-order valence-electron chi connectivity index (χ1n) is 6.47. The van der Waals surface area contributed by atoms with Crippen LogP contribution in [0.15, 0.2) is 0 Å². The molecule has 0 aromatic heterocycles. The van der Waals surface area contributed by atoms with Gasteiger partial charge in [-0.05, 0) is 33.6 Å². The highest BCUT2D eigenvalue weighted by molar-refractivity contribution is 5.80. The molecule has 0 rings (SSSR count). The van der Waals surface area contributed by atoms with Crippen molar-refractivity contribution in [3.63, 3.8) is 0 Å². The molecule has 3 nitrogen and oxygen atoms in total. The van der Waals surface area contributed by atoms with Gasteiger partial charge in [0.15, 0.2) is 0 Å². The van der Waals surface area contributed by atoms with Crippen molar-refractivity contribution in [1.29, 1.82) is 0 Å². The van der Waals surface area contributed by atoms with E-state index in [2.05, 4.69) is 33.0 Å². The summed E-state index contributed by atoms with van der Waals surface area (Å²) >= 11 is 0. The molecule has 0 aliphatic rings. The molecule has 0 amide bonds. The van der Waals surface area contributed by atoms with Gasteiger partial charge in [0.1, 0.15) is 5.54 Å². The lowest BCUT2D eigenvalue weighted by Crippen LogP contribution is -2.55. The Kier molecular flexibility index (Phi) is 7.39. The minimum Gasteiger partial charge on any atom is -0.465 e. The Labute approximate surface area is 99.9 Å². The first-order chi connectivity index (χ1) is 7.52. The lowest BCUT2D eigenvalue weighted by Gasteiger charge is -2.34. The van der Waals surface area contributed by atoms with E-state index in [1.54, 1.807) is 0 Å². The van der Waals surface area contributed by atoms with E-state index in [9.17, 15) is 4.79 Å². The SMILES string of the molecule is CCCC(CCC)(NC(C)C)C(=O)OCC. The highest BCUT2D eigenvalue weighted by atomic mass is 16.5. The highest BCUT2D eigenvalue weighted by Gasteiger charge is 2.38. The van der Waals surface area contributed by atoms with Gasteiger partial charge in [-0.25, -0.2) is 0 Å². The van der Waals surface area contributed by atoms with E-state index >= 15 is 0 Å². The molecule has 0 saturated carbocycles. The number of ether oxygens (including phenoxy) is 1. The van der Waals surface area contributed by atoms with Gasteiger partial charge in [0.05, 0.1) is 6.61 Å². The lowest BCUT2D eigenvalue weighted by molar-refractivity contribution is -0.152. The van der Waals surface area contributed by atoms with Crippen molar-refractivity contribution in [1.82, 2.24) is 5.32 Å². The van der Waals surface area contributed by atoms with Crippen LogP contribution in [0.4, 0.5) is 0 Å². The van der Waals surface area contributed by atoms with Crippen molar-refractivity contribution >= 4 is 5.97 Å². The number of rotatable bonds is 8. The van der Waals surface area contributed by atoms with Gasteiger partial charge in [0.2, 0.25) is 0 Å². The molecule has 0 radical (unpaired) electrons. The molecule has 0 spiro atoms. The van der Waals surface area contributed by atoms with Crippen molar-refractivity contribution in [3.8, 4) is 0 Å². The van der Waals surface area contributed by atoms with Crippen LogP contribution in [0.5, 0.6) is 0 Å². The molecule has 0 fully saturated rings. The predicted molar refractivity (Wildman–Crippen MR) is 67.5 cm³/mol. The van der Waals surface area contributed by atoms with Crippen molar-refractivity contribution in [2.75, 3.05) is 6.61 Å². The molecule has 0 heterocycles. The Balaban J connectivity index is 4.82. The molecule has 0 saturated heterocycles. The number of nitrogens with one attached hydrogen (secondary N) is 1. The van der Waals surface area contributed by atoms with E-state index < -0.39 is 5.54 Å². The van der Waals surface area contributed by atoms with E-state index in [0.29, 0.717) is 12.6 Å². The average molecular weight is 229 g/mol. The second-order valence-corrected chi connectivity index (χ2v) is 4.60. The Bertz CT molecular complexity index is 196. The molecular weight excluding hydrogens is 202 g/mol. The summed E-state index contributed by atoms with van der Waals surface area (Å²) < 4.78 is 5.21. The van der Waals surface area contributed by atoms with E-state index in [1.165, 1.54) is 0 Å². The Hall–Kier alpha value is -0.570. The van der Waals surface area contributed by atoms with Gasteiger partial charge < -0.3 is 4.74 Å². The third-order valence-electron chi connectivity index (χ3n) is 2.58. The summed E-state index contributed by atoms with van der Waals surface area (Å²) in [5, 5.41) is 3.41. The van der Waals surface area contributed by atoms with E-state index in [0.717, 1.165) is 25.7 Å².